The standard InChI is InChI=1S/C25H23NO6/c1-13-15(3)31-21-12-22-18(10-17(13)21)14(2)19(25(29)32-22)11-23(27)26(4)20-9-7-6-8-16(20)24(28)30-5/h6-10,12H,11H2,1-5H3. The number of fused-ring (bicyclic) bond motifs is 2. The summed E-state index contributed by atoms with van der Waals surface area (Å²) in [5.41, 5.74) is 3.13. The summed E-state index contributed by atoms with van der Waals surface area (Å²) in [6.45, 7) is 5.66. The Morgan fingerprint density at radius 1 is 0.969 bits per heavy atom. The monoisotopic (exact) mass is 433 g/mol. The van der Waals surface area contributed by atoms with Crippen molar-refractivity contribution < 1.29 is 23.2 Å². The summed E-state index contributed by atoms with van der Waals surface area (Å²) in [6.07, 6.45) is -0.169. The number of likely N-dealkylation sites (N-methyl/N-ethyl adjacent to an activating group) is 1. The van der Waals surface area contributed by atoms with Crippen LogP contribution in [0.4, 0.5) is 5.69 Å². The molecule has 7 nitrogen and oxygen atoms in total. The molecule has 4 rings (SSSR count). The van der Waals surface area contributed by atoms with E-state index in [1.165, 1.54) is 12.0 Å². The number of nitrogens with zero attached hydrogens (tertiary/aromatic N) is 1. The van der Waals surface area contributed by atoms with Gasteiger partial charge in [0.2, 0.25) is 5.91 Å². The van der Waals surface area contributed by atoms with Crippen LogP contribution in [0.3, 0.4) is 0 Å². The van der Waals surface area contributed by atoms with Crippen molar-refractivity contribution in [3.8, 4) is 0 Å². The molecule has 0 aliphatic rings. The lowest BCUT2D eigenvalue weighted by Gasteiger charge is -2.20. The predicted octanol–water partition coefficient (Wildman–Crippen LogP) is 4.46. The number of furan rings is 1. The number of hydrogen-bond donors (Lipinski definition) is 0. The minimum Gasteiger partial charge on any atom is -0.465 e. The van der Waals surface area contributed by atoms with Crippen LogP contribution in [0.1, 0.15) is 32.8 Å². The molecule has 7 heteroatoms. The molecule has 0 aliphatic heterocycles. The second-order valence-electron chi connectivity index (χ2n) is 7.76. The van der Waals surface area contributed by atoms with Crippen LogP contribution in [0.15, 0.2) is 50.0 Å². The van der Waals surface area contributed by atoms with E-state index >= 15 is 0 Å². The van der Waals surface area contributed by atoms with E-state index in [0.29, 0.717) is 22.4 Å². The molecule has 0 unspecified atom stereocenters. The van der Waals surface area contributed by atoms with Gasteiger partial charge >= 0.3 is 11.6 Å². The molecule has 0 fully saturated rings. The maximum absolute atomic E-state index is 13.1. The molecule has 0 saturated carbocycles. The fourth-order valence-electron chi connectivity index (χ4n) is 3.88. The quantitative estimate of drug-likeness (QED) is 0.349. The first-order chi connectivity index (χ1) is 15.2. The van der Waals surface area contributed by atoms with Crippen LogP contribution in [-0.4, -0.2) is 26.0 Å². The number of para-hydroxylation sites is 1. The Hall–Kier alpha value is -3.87. The Labute approximate surface area is 184 Å². The molecule has 0 spiro atoms. The molecule has 2 aromatic carbocycles. The second-order valence-corrected chi connectivity index (χ2v) is 7.76. The molecule has 0 aliphatic carbocycles. The van der Waals surface area contributed by atoms with Crippen LogP contribution in [0, 0.1) is 20.8 Å². The second kappa shape index (κ2) is 8.00. The molecule has 0 N–H and O–H groups in total. The molecule has 2 heterocycles. The van der Waals surface area contributed by atoms with Gasteiger partial charge in [-0.2, -0.15) is 0 Å². The minimum absolute atomic E-state index is 0.169. The first-order valence-electron chi connectivity index (χ1n) is 10.1. The Kier molecular flexibility index (Phi) is 5.34. The van der Waals surface area contributed by atoms with E-state index in [2.05, 4.69) is 0 Å². The van der Waals surface area contributed by atoms with Crippen LogP contribution >= 0.6 is 0 Å². The van der Waals surface area contributed by atoms with E-state index in [1.807, 2.05) is 19.9 Å². The van der Waals surface area contributed by atoms with Crippen molar-refractivity contribution in [2.24, 2.45) is 0 Å². The molecule has 164 valence electrons. The first kappa shape index (κ1) is 21.4. The van der Waals surface area contributed by atoms with Gasteiger partial charge in [-0.25, -0.2) is 9.59 Å². The van der Waals surface area contributed by atoms with Gasteiger partial charge in [-0.1, -0.05) is 12.1 Å². The summed E-state index contributed by atoms with van der Waals surface area (Å²) >= 11 is 0. The lowest BCUT2D eigenvalue weighted by molar-refractivity contribution is -0.117. The molecule has 0 atom stereocenters. The van der Waals surface area contributed by atoms with Gasteiger partial charge in [0.1, 0.15) is 16.9 Å². The van der Waals surface area contributed by atoms with Crippen LogP contribution < -0.4 is 10.5 Å². The Balaban J connectivity index is 1.75. The Morgan fingerprint density at radius 3 is 2.34 bits per heavy atom. The molecular weight excluding hydrogens is 410 g/mol. The first-order valence-corrected chi connectivity index (χ1v) is 10.1. The SMILES string of the molecule is COC(=O)c1ccccc1N(C)C(=O)Cc1c(C)c2cc3c(C)c(C)oc3cc2oc1=O. The van der Waals surface area contributed by atoms with Crippen LogP contribution in [0.25, 0.3) is 21.9 Å². The third kappa shape index (κ3) is 3.45. The molecule has 2 aromatic heterocycles. The zero-order chi connectivity index (χ0) is 23.2. The number of rotatable bonds is 4. The highest BCUT2D eigenvalue weighted by atomic mass is 16.5. The number of esters is 1. The highest BCUT2D eigenvalue weighted by Gasteiger charge is 2.22. The fraction of sp³-hybridized carbons (Fsp3) is 0.240. The Morgan fingerprint density at radius 2 is 1.62 bits per heavy atom. The normalized spacial score (nSPS) is 11.2. The van der Waals surface area contributed by atoms with Gasteiger partial charge in [0.25, 0.3) is 0 Å². The third-order valence-corrected chi connectivity index (χ3v) is 5.96. The number of hydrogen-bond acceptors (Lipinski definition) is 6. The number of carbonyl (C=O) groups excluding carboxylic acids is 2. The van der Waals surface area contributed by atoms with Gasteiger partial charge in [0.15, 0.2) is 0 Å². The lowest BCUT2D eigenvalue weighted by atomic mass is 10.0. The zero-order valence-electron chi connectivity index (χ0n) is 18.6. The molecule has 1 amide bonds. The highest BCUT2D eigenvalue weighted by molar-refractivity contribution is 6.03. The number of ether oxygens (including phenoxy) is 1. The fourth-order valence-corrected chi connectivity index (χ4v) is 3.88. The van der Waals surface area contributed by atoms with Crippen molar-refractivity contribution in [3.05, 3.63) is 74.8 Å². The number of benzene rings is 2. The number of aryl methyl sites for hydroxylation is 3. The van der Waals surface area contributed by atoms with E-state index in [1.54, 1.807) is 44.3 Å². The van der Waals surface area contributed by atoms with Crippen molar-refractivity contribution in [3.63, 3.8) is 0 Å². The van der Waals surface area contributed by atoms with E-state index in [-0.39, 0.29) is 23.5 Å². The molecule has 0 bridgehead atoms. The largest absolute Gasteiger partial charge is 0.465 e. The van der Waals surface area contributed by atoms with E-state index in [4.69, 9.17) is 13.6 Å². The number of methoxy groups -OCH3 is 1. The van der Waals surface area contributed by atoms with Crippen LogP contribution in [0.5, 0.6) is 0 Å². The minimum atomic E-state index is -0.572. The summed E-state index contributed by atoms with van der Waals surface area (Å²) in [6, 6.07) is 10.3. The van der Waals surface area contributed by atoms with Gasteiger partial charge < -0.3 is 18.5 Å². The van der Waals surface area contributed by atoms with Crippen LogP contribution in [-0.2, 0) is 16.0 Å². The topological polar surface area (TPSA) is 90.0 Å². The van der Waals surface area contributed by atoms with E-state index in [0.717, 1.165) is 22.1 Å². The average molecular weight is 433 g/mol. The number of anilines is 1. The van der Waals surface area contributed by atoms with E-state index < -0.39 is 11.6 Å². The van der Waals surface area contributed by atoms with Crippen molar-refractivity contribution in [1.82, 2.24) is 0 Å². The maximum Gasteiger partial charge on any atom is 0.340 e. The summed E-state index contributed by atoms with van der Waals surface area (Å²) in [5, 5.41) is 1.69. The van der Waals surface area contributed by atoms with Gasteiger partial charge in [-0.05, 0) is 50.1 Å². The van der Waals surface area contributed by atoms with Crippen LogP contribution in [0.2, 0.25) is 0 Å². The number of amides is 1. The van der Waals surface area contributed by atoms with Crippen molar-refractivity contribution in [2.75, 3.05) is 19.1 Å². The summed E-state index contributed by atoms with van der Waals surface area (Å²) in [7, 11) is 2.84. The number of carbonyl (C=O) groups is 2. The smallest absolute Gasteiger partial charge is 0.340 e. The zero-order valence-corrected chi connectivity index (χ0v) is 18.6. The maximum atomic E-state index is 13.1. The van der Waals surface area contributed by atoms with Crippen molar-refractivity contribution >= 4 is 39.5 Å². The predicted molar refractivity (Wildman–Crippen MR) is 121 cm³/mol. The Bertz CT molecular complexity index is 1440. The molecule has 0 saturated heterocycles. The van der Waals surface area contributed by atoms with Crippen molar-refractivity contribution in [2.45, 2.75) is 27.2 Å². The van der Waals surface area contributed by atoms with Gasteiger partial charge in [-0.15, -0.1) is 0 Å². The van der Waals surface area contributed by atoms with Crippen molar-refractivity contribution in [1.29, 1.82) is 0 Å². The molecular formula is C25H23NO6. The summed E-state index contributed by atoms with van der Waals surface area (Å²) < 4.78 is 16.1. The summed E-state index contributed by atoms with van der Waals surface area (Å²) in [4.78, 5) is 39.2. The molecule has 4 aromatic rings. The van der Waals surface area contributed by atoms with Gasteiger partial charge in [0.05, 0.1) is 30.3 Å². The molecule has 32 heavy (non-hydrogen) atoms. The summed E-state index contributed by atoms with van der Waals surface area (Å²) in [5.74, 6) is -0.0967. The van der Waals surface area contributed by atoms with Gasteiger partial charge in [0, 0.05) is 23.9 Å². The molecule has 0 radical (unpaired) electrons. The van der Waals surface area contributed by atoms with E-state index in [9.17, 15) is 14.4 Å². The highest BCUT2D eigenvalue weighted by Crippen LogP contribution is 2.31. The average Bonchev–Trinajstić information content (AvgIpc) is 3.06. The van der Waals surface area contributed by atoms with Gasteiger partial charge in [-0.3, -0.25) is 4.79 Å². The lowest BCUT2D eigenvalue weighted by Crippen LogP contribution is -2.31. The third-order valence-electron chi connectivity index (χ3n) is 5.96.